The van der Waals surface area contributed by atoms with E-state index in [1.54, 1.807) is 6.92 Å². The molecular formula is C11H15N3O5P-. The topological polar surface area (TPSA) is 123 Å². The Balaban J connectivity index is 1.84. The fourth-order valence-electron chi connectivity index (χ4n) is 2.74. The molecule has 2 aliphatic heterocycles. The summed E-state index contributed by atoms with van der Waals surface area (Å²) in [6, 6.07) is 0. The van der Waals surface area contributed by atoms with Crippen molar-refractivity contribution in [2.45, 2.75) is 25.7 Å². The molecule has 20 heavy (non-hydrogen) atoms. The van der Waals surface area contributed by atoms with Gasteiger partial charge in [-0.2, -0.15) is 5.09 Å². The number of rotatable bonds is 1. The first-order valence-electron chi connectivity index (χ1n) is 6.35. The Morgan fingerprint density at radius 1 is 1.65 bits per heavy atom. The standard InChI is InChI=1S/C11H16N3O5P/c1-6-4-14(11(16)13-10(6)15)9-2-7-5-20(17,18)12-3-8(7)19-9/h4,7-9H,2-3,5H2,1H3,(H2,12,17,18)(H,13,15,16)/p-1/t7-,8-,9?/m1/s1. The van der Waals surface area contributed by atoms with E-state index in [1.165, 1.54) is 10.8 Å². The number of ether oxygens (including phenoxy) is 1. The van der Waals surface area contributed by atoms with Crippen LogP contribution in [0.4, 0.5) is 0 Å². The highest BCUT2D eigenvalue weighted by atomic mass is 31.2. The molecule has 0 saturated carbocycles. The van der Waals surface area contributed by atoms with E-state index in [0.717, 1.165) is 0 Å². The molecular weight excluding hydrogens is 285 g/mol. The van der Waals surface area contributed by atoms with Gasteiger partial charge in [0.15, 0.2) is 7.87 Å². The Morgan fingerprint density at radius 3 is 3.15 bits per heavy atom. The first-order valence-corrected chi connectivity index (χ1v) is 8.19. The second kappa shape index (κ2) is 4.75. The van der Waals surface area contributed by atoms with Crippen LogP contribution in [0.15, 0.2) is 11.0 Å². The lowest BCUT2D eigenvalue weighted by Gasteiger charge is -2.34. The van der Waals surface area contributed by atoms with Gasteiger partial charge in [0.05, 0.1) is 12.6 Å². The molecule has 0 amide bonds. The van der Waals surface area contributed by atoms with Gasteiger partial charge in [0.25, 0.3) is 0 Å². The number of nitrogens with one attached hydrogen (secondary N) is 1. The minimum absolute atomic E-state index is 0.0729. The van der Waals surface area contributed by atoms with Crippen molar-refractivity contribution in [3.63, 3.8) is 0 Å². The lowest BCUT2D eigenvalue weighted by atomic mass is 10.0. The highest BCUT2D eigenvalue weighted by molar-refractivity contribution is 7.61. The molecule has 2 unspecified atom stereocenters. The summed E-state index contributed by atoms with van der Waals surface area (Å²) in [7, 11) is -3.29. The third-order valence-corrected chi connectivity index (χ3v) is 5.42. The Labute approximate surface area is 115 Å². The van der Waals surface area contributed by atoms with E-state index in [-0.39, 0.29) is 24.7 Å². The zero-order chi connectivity index (χ0) is 14.5. The molecule has 0 radical (unpaired) electrons. The summed E-state index contributed by atoms with van der Waals surface area (Å²) >= 11 is 0. The summed E-state index contributed by atoms with van der Waals surface area (Å²) in [6.45, 7) is 1.87. The molecule has 9 heteroatoms. The first-order chi connectivity index (χ1) is 9.35. The summed E-state index contributed by atoms with van der Waals surface area (Å²) < 4.78 is 7.04. The zero-order valence-electron chi connectivity index (χ0n) is 10.9. The largest absolute Gasteiger partial charge is 0.858 e. The van der Waals surface area contributed by atoms with E-state index in [1.807, 2.05) is 0 Å². The van der Waals surface area contributed by atoms with Crippen LogP contribution in [-0.4, -0.2) is 33.3 Å². The van der Waals surface area contributed by atoms with E-state index in [4.69, 9.17) is 4.74 Å². The van der Waals surface area contributed by atoms with Crippen LogP contribution >= 0.6 is 7.87 Å². The van der Waals surface area contributed by atoms with Gasteiger partial charge in [-0.05, 0) is 18.4 Å². The summed E-state index contributed by atoms with van der Waals surface area (Å²) in [5.41, 5.74) is -0.279. The SMILES string of the molecule is Cc1cn(C2C[C@@H]3C[P+]([O-])(O)NC[C@H]3O2)c(=O)nc1[O-]. The van der Waals surface area contributed by atoms with Gasteiger partial charge in [0, 0.05) is 18.5 Å². The van der Waals surface area contributed by atoms with Gasteiger partial charge >= 0.3 is 5.69 Å². The van der Waals surface area contributed by atoms with Gasteiger partial charge in [-0.1, -0.05) is 0 Å². The fourth-order valence-corrected chi connectivity index (χ4v) is 4.35. The van der Waals surface area contributed by atoms with Crippen LogP contribution in [0.3, 0.4) is 0 Å². The number of fused-ring (bicyclic) bond motifs is 1. The van der Waals surface area contributed by atoms with Gasteiger partial charge in [-0.15, -0.1) is 0 Å². The van der Waals surface area contributed by atoms with Crippen molar-refractivity contribution in [1.29, 1.82) is 0 Å². The number of hydrogen-bond donors (Lipinski definition) is 2. The minimum atomic E-state index is -3.29. The van der Waals surface area contributed by atoms with Gasteiger partial charge in [0.2, 0.25) is 0 Å². The maximum absolute atomic E-state index is 11.8. The third kappa shape index (κ3) is 2.45. The summed E-state index contributed by atoms with van der Waals surface area (Å²) in [5, 5.41) is 13.9. The Hall–Kier alpha value is -1.05. The molecule has 2 N–H and O–H groups in total. The molecule has 1 aromatic rings. The summed E-state index contributed by atoms with van der Waals surface area (Å²) in [4.78, 5) is 36.4. The van der Waals surface area contributed by atoms with E-state index in [0.29, 0.717) is 12.0 Å². The van der Waals surface area contributed by atoms with Gasteiger partial charge in [-0.25, -0.2) is 14.7 Å². The molecule has 0 spiro atoms. The quantitative estimate of drug-likeness (QED) is 0.589. The highest BCUT2D eigenvalue weighted by Gasteiger charge is 2.46. The Morgan fingerprint density at radius 2 is 2.40 bits per heavy atom. The molecule has 0 bridgehead atoms. The molecule has 2 fully saturated rings. The van der Waals surface area contributed by atoms with Crippen LogP contribution < -0.4 is 20.8 Å². The number of aryl methyl sites for hydroxylation is 1. The maximum atomic E-state index is 11.8. The molecule has 2 saturated heterocycles. The molecule has 3 rings (SSSR count). The minimum Gasteiger partial charge on any atom is -0.858 e. The molecule has 4 atom stereocenters. The molecule has 110 valence electrons. The molecule has 0 aromatic carbocycles. The molecule has 3 heterocycles. The second-order valence-corrected chi connectivity index (χ2v) is 7.37. The zero-order valence-corrected chi connectivity index (χ0v) is 11.7. The fraction of sp³-hybridized carbons (Fsp3) is 0.636. The van der Waals surface area contributed by atoms with Crippen molar-refractivity contribution >= 4 is 7.87 Å². The van der Waals surface area contributed by atoms with Gasteiger partial charge < -0.3 is 14.7 Å². The van der Waals surface area contributed by atoms with Crippen molar-refractivity contribution in [1.82, 2.24) is 14.6 Å². The van der Waals surface area contributed by atoms with Crippen LogP contribution in [0.25, 0.3) is 0 Å². The van der Waals surface area contributed by atoms with E-state index in [9.17, 15) is 19.7 Å². The van der Waals surface area contributed by atoms with Crippen molar-refractivity contribution in [2.75, 3.05) is 12.7 Å². The first kappa shape index (κ1) is 13.9. The Bertz CT molecular complexity index is 590. The molecule has 2 aliphatic rings. The lowest BCUT2D eigenvalue weighted by molar-refractivity contribution is -0.276. The van der Waals surface area contributed by atoms with Crippen LogP contribution in [0.2, 0.25) is 0 Å². The van der Waals surface area contributed by atoms with Crippen molar-refractivity contribution in [2.24, 2.45) is 5.92 Å². The highest BCUT2D eigenvalue weighted by Crippen LogP contribution is 2.50. The van der Waals surface area contributed by atoms with Crippen LogP contribution in [0.1, 0.15) is 18.2 Å². The average Bonchev–Trinajstić information content (AvgIpc) is 2.74. The van der Waals surface area contributed by atoms with E-state index >= 15 is 0 Å². The van der Waals surface area contributed by atoms with Crippen LogP contribution in [-0.2, 0) is 4.74 Å². The smallest absolute Gasteiger partial charge is 0.349 e. The van der Waals surface area contributed by atoms with E-state index < -0.39 is 25.7 Å². The maximum Gasteiger partial charge on any atom is 0.349 e. The van der Waals surface area contributed by atoms with Gasteiger partial charge in [-0.3, -0.25) is 4.57 Å². The van der Waals surface area contributed by atoms with E-state index in [2.05, 4.69) is 10.1 Å². The monoisotopic (exact) mass is 300 g/mol. The second-order valence-electron chi connectivity index (χ2n) is 5.29. The molecule has 1 aromatic heterocycles. The summed E-state index contributed by atoms with van der Waals surface area (Å²) in [5.74, 6) is -0.612. The Kier molecular flexibility index (Phi) is 3.30. The van der Waals surface area contributed by atoms with Crippen molar-refractivity contribution in [3.05, 3.63) is 22.2 Å². The predicted molar refractivity (Wildman–Crippen MR) is 66.7 cm³/mol. The number of aromatic nitrogens is 2. The molecule has 8 nitrogen and oxygen atoms in total. The summed E-state index contributed by atoms with van der Waals surface area (Å²) in [6.07, 6.45) is 1.30. The normalized spacial score (nSPS) is 36.9. The number of nitrogens with zero attached hydrogens (tertiary/aromatic N) is 2. The molecule has 0 aliphatic carbocycles. The lowest BCUT2D eigenvalue weighted by Crippen LogP contribution is -2.44. The third-order valence-electron chi connectivity index (χ3n) is 3.78. The van der Waals surface area contributed by atoms with Crippen LogP contribution in [0.5, 0.6) is 5.88 Å². The van der Waals surface area contributed by atoms with Gasteiger partial charge in [0.1, 0.15) is 12.4 Å². The number of hydrogen-bond acceptors (Lipinski definition) is 7. The predicted octanol–water partition coefficient (Wildman–Crippen LogP) is -1.75. The van der Waals surface area contributed by atoms with Crippen LogP contribution in [0, 0.1) is 12.8 Å². The average molecular weight is 300 g/mol. The van der Waals surface area contributed by atoms with Crippen molar-refractivity contribution < 1.29 is 19.6 Å². The van der Waals surface area contributed by atoms with Crippen molar-refractivity contribution in [3.8, 4) is 5.88 Å².